The number of aromatic nitrogens is 2. The maximum absolute atomic E-state index is 12.1. The first kappa shape index (κ1) is 17.3. The molecule has 0 radical (unpaired) electrons. The molecule has 3 rings (SSSR count). The number of nitriles is 1. The van der Waals surface area contributed by atoms with Crippen molar-refractivity contribution in [2.75, 3.05) is 13.7 Å². The van der Waals surface area contributed by atoms with Gasteiger partial charge in [0.15, 0.2) is 18.1 Å². The van der Waals surface area contributed by atoms with Gasteiger partial charge >= 0.3 is 0 Å². The number of para-hydroxylation sites is 2. The van der Waals surface area contributed by atoms with E-state index in [-0.39, 0.29) is 12.5 Å². The number of amides is 1. The quantitative estimate of drug-likeness (QED) is 0.736. The number of benzene rings is 2. The molecule has 26 heavy (non-hydrogen) atoms. The van der Waals surface area contributed by atoms with Crippen molar-refractivity contribution in [3.8, 4) is 17.6 Å². The van der Waals surface area contributed by atoms with E-state index in [9.17, 15) is 4.79 Å². The van der Waals surface area contributed by atoms with E-state index in [1.807, 2.05) is 41.9 Å². The van der Waals surface area contributed by atoms with Crippen LogP contribution in [0.4, 0.5) is 0 Å². The highest BCUT2D eigenvalue weighted by Crippen LogP contribution is 2.27. The van der Waals surface area contributed by atoms with Gasteiger partial charge in [-0.15, -0.1) is 0 Å². The molecule has 0 aliphatic heterocycles. The Kier molecular flexibility index (Phi) is 5.04. The van der Waals surface area contributed by atoms with Crippen LogP contribution in [0.2, 0.25) is 0 Å². The van der Waals surface area contributed by atoms with Crippen molar-refractivity contribution in [3.05, 3.63) is 53.9 Å². The predicted octanol–water partition coefficient (Wildman–Crippen LogP) is 2.15. The lowest BCUT2D eigenvalue weighted by molar-refractivity contribution is -0.123. The van der Waals surface area contributed by atoms with Gasteiger partial charge < -0.3 is 19.4 Å². The molecule has 7 nitrogen and oxygen atoms in total. The van der Waals surface area contributed by atoms with Gasteiger partial charge in [0.25, 0.3) is 5.91 Å². The number of hydrogen-bond acceptors (Lipinski definition) is 5. The predicted molar refractivity (Wildman–Crippen MR) is 95.8 cm³/mol. The Labute approximate surface area is 150 Å². The van der Waals surface area contributed by atoms with Crippen LogP contribution in [0, 0.1) is 11.3 Å². The van der Waals surface area contributed by atoms with Crippen LogP contribution in [0.1, 0.15) is 11.4 Å². The lowest BCUT2D eigenvalue weighted by Crippen LogP contribution is -2.29. The molecule has 7 heteroatoms. The van der Waals surface area contributed by atoms with Gasteiger partial charge in [-0.1, -0.05) is 12.1 Å². The molecule has 0 unspecified atom stereocenters. The monoisotopic (exact) mass is 350 g/mol. The third kappa shape index (κ3) is 3.59. The van der Waals surface area contributed by atoms with Crippen molar-refractivity contribution >= 4 is 16.9 Å². The fourth-order valence-electron chi connectivity index (χ4n) is 2.58. The van der Waals surface area contributed by atoms with Crippen LogP contribution < -0.4 is 14.8 Å². The highest BCUT2D eigenvalue weighted by molar-refractivity contribution is 5.78. The van der Waals surface area contributed by atoms with Crippen LogP contribution >= 0.6 is 0 Å². The number of ether oxygens (including phenoxy) is 2. The topological polar surface area (TPSA) is 89.2 Å². The lowest BCUT2D eigenvalue weighted by Gasteiger charge is -2.11. The van der Waals surface area contributed by atoms with Gasteiger partial charge in [-0.3, -0.25) is 4.79 Å². The van der Waals surface area contributed by atoms with Crippen LogP contribution in [0.25, 0.3) is 11.0 Å². The smallest absolute Gasteiger partial charge is 0.258 e. The second-order valence-corrected chi connectivity index (χ2v) is 5.62. The van der Waals surface area contributed by atoms with Crippen LogP contribution in [-0.2, 0) is 18.4 Å². The summed E-state index contributed by atoms with van der Waals surface area (Å²) >= 11 is 0. The number of nitrogens with one attached hydrogen (secondary N) is 1. The second-order valence-electron chi connectivity index (χ2n) is 5.62. The highest BCUT2D eigenvalue weighted by atomic mass is 16.5. The summed E-state index contributed by atoms with van der Waals surface area (Å²) in [5, 5.41) is 11.7. The van der Waals surface area contributed by atoms with E-state index in [4.69, 9.17) is 14.7 Å². The Hall–Kier alpha value is -3.53. The first-order chi connectivity index (χ1) is 12.6. The third-order valence-electron chi connectivity index (χ3n) is 3.97. The van der Waals surface area contributed by atoms with E-state index < -0.39 is 0 Å². The van der Waals surface area contributed by atoms with Crippen LogP contribution in [0.5, 0.6) is 11.5 Å². The average molecular weight is 350 g/mol. The normalized spacial score (nSPS) is 10.3. The largest absolute Gasteiger partial charge is 0.493 e. The fourth-order valence-corrected chi connectivity index (χ4v) is 2.58. The van der Waals surface area contributed by atoms with Crippen molar-refractivity contribution in [2.24, 2.45) is 7.05 Å². The van der Waals surface area contributed by atoms with E-state index in [0.717, 1.165) is 16.9 Å². The fraction of sp³-hybridized carbons (Fsp3) is 0.211. The minimum absolute atomic E-state index is 0.161. The summed E-state index contributed by atoms with van der Waals surface area (Å²) in [7, 11) is 3.39. The zero-order valence-corrected chi connectivity index (χ0v) is 14.5. The zero-order chi connectivity index (χ0) is 18.5. The summed E-state index contributed by atoms with van der Waals surface area (Å²) in [6, 6.07) is 14.6. The highest BCUT2D eigenvalue weighted by Gasteiger charge is 2.11. The number of fused-ring (bicyclic) bond motifs is 1. The first-order valence-corrected chi connectivity index (χ1v) is 8.00. The van der Waals surface area contributed by atoms with Crippen LogP contribution in [0.3, 0.4) is 0 Å². The molecule has 1 amide bonds. The van der Waals surface area contributed by atoms with Crippen molar-refractivity contribution < 1.29 is 14.3 Å². The summed E-state index contributed by atoms with van der Waals surface area (Å²) in [5.74, 6) is 1.30. The van der Waals surface area contributed by atoms with Crippen molar-refractivity contribution in [1.29, 1.82) is 5.26 Å². The molecule has 0 bridgehead atoms. The summed E-state index contributed by atoms with van der Waals surface area (Å²) in [6.07, 6.45) is 0. The maximum atomic E-state index is 12.1. The number of carbonyl (C=O) groups excluding carboxylic acids is 1. The van der Waals surface area contributed by atoms with Gasteiger partial charge in [0.1, 0.15) is 5.82 Å². The standard InChI is InChI=1S/C19H18N4O3/c1-23-15-6-4-3-5-14(15)22-18(23)11-21-19(24)12-26-16-8-7-13(10-20)9-17(16)25-2/h3-9H,11-12H2,1-2H3,(H,21,24). The molecule has 3 aromatic rings. The zero-order valence-electron chi connectivity index (χ0n) is 14.5. The average Bonchev–Trinajstić information content (AvgIpc) is 3.00. The number of nitrogens with zero attached hydrogens (tertiary/aromatic N) is 3. The number of methoxy groups -OCH3 is 1. The Bertz CT molecular complexity index is 988. The molecule has 1 aromatic heterocycles. The Morgan fingerprint density at radius 3 is 2.81 bits per heavy atom. The van der Waals surface area contributed by atoms with E-state index in [1.54, 1.807) is 18.2 Å². The SMILES string of the molecule is COc1cc(C#N)ccc1OCC(=O)NCc1nc2ccccc2n1C. The molecule has 0 aliphatic carbocycles. The summed E-state index contributed by atoms with van der Waals surface area (Å²) in [5.41, 5.74) is 2.36. The second kappa shape index (κ2) is 7.57. The molecule has 1 heterocycles. The number of hydrogen-bond donors (Lipinski definition) is 1. The minimum atomic E-state index is -0.275. The van der Waals surface area contributed by atoms with Gasteiger partial charge in [0.05, 0.1) is 36.3 Å². The van der Waals surface area contributed by atoms with E-state index in [0.29, 0.717) is 23.6 Å². The van der Waals surface area contributed by atoms with Gasteiger partial charge in [0.2, 0.25) is 0 Å². The Morgan fingerprint density at radius 1 is 1.27 bits per heavy atom. The number of carbonyl (C=O) groups is 1. The Morgan fingerprint density at radius 2 is 2.08 bits per heavy atom. The molecule has 0 aliphatic rings. The summed E-state index contributed by atoms with van der Waals surface area (Å²) in [4.78, 5) is 16.6. The number of imidazole rings is 1. The Balaban J connectivity index is 1.59. The number of aryl methyl sites for hydroxylation is 1. The van der Waals surface area contributed by atoms with Gasteiger partial charge in [-0.05, 0) is 24.3 Å². The third-order valence-corrected chi connectivity index (χ3v) is 3.97. The molecule has 0 saturated heterocycles. The molecule has 0 atom stereocenters. The lowest BCUT2D eigenvalue weighted by atomic mass is 10.2. The van der Waals surface area contributed by atoms with Gasteiger partial charge in [0, 0.05) is 13.1 Å². The molecule has 1 N–H and O–H groups in total. The van der Waals surface area contributed by atoms with Crippen molar-refractivity contribution in [3.63, 3.8) is 0 Å². The first-order valence-electron chi connectivity index (χ1n) is 8.00. The van der Waals surface area contributed by atoms with Gasteiger partial charge in [-0.2, -0.15) is 5.26 Å². The molecule has 0 saturated carbocycles. The molecule has 132 valence electrons. The molecule has 2 aromatic carbocycles. The molecular formula is C19H18N4O3. The van der Waals surface area contributed by atoms with E-state index >= 15 is 0 Å². The maximum Gasteiger partial charge on any atom is 0.258 e. The van der Waals surface area contributed by atoms with Crippen LogP contribution in [0.15, 0.2) is 42.5 Å². The van der Waals surface area contributed by atoms with Crippen molar-refractivity contribution in [2.45, 2.75) is 6.54 Å². The van der Waals surface area contributed by atoms with Crippen molar-refractivity contribution in [1.82, 2.24) is 14.9 Å². The molecule has 0 spiro atoms. The van der Waals surface area contributed by atoms with Gasteiger partial charge in [-0.25, -0.2) is 4.98 Å². The molecular weight excluding hydrogens is 332 g/mol. The summed E-state index contributed by atoms with van der Waals surface area (Å²) in [6.45, 7) is 0.143. The van der Waals surface area contributed by atoms with E-state index in [2.05, 4.69) is 10.3 Å². The van der Waals surface area contributed by atoms with Crippen LogP contribution in [-0.4, -0.2) is 29.2 Å². The molecule has 0 fully saturated rings. The number of rotatable bonds is 6. The summed E-state index contributed by atoms with van der Waals surface area (Å²) < 4.78 is 12.6. The minimum Gasteiger partial charge on any atom is -0.493 e. The van der Waals surface area contributed by atoms with E-state index in [1.165, 1.54) is 7.11 Å².